The van der Waals surface area contributed by atoms with E-state index in [4.69, 9.17) is 21.1 Å². The highest BCUT2D eigenvalue weighted by atomic mass is 35.5. The number of thioether (sulfide) groups is 1. The lowest BCUT2D eigenvalue weighted by Crippen LogP contribution is -2.59. The standard InChI is InChI=1S/C39H55ClFN7O5S.C12H14N2S/c1-38(2,33(45-36(51)39(41)15-16-39)35(50)48-17-5-6-27(48)23-49)54-24-26-9-7-25(8-10-26)22-47-18-13-28(14-19-47)53-29-11-12-31(32(20-29)52-4)44-37-43-21-30(40)34(42-3)46-37;1-9-12(15-8-14-9)11-5-3-10(4-6-11)7-13-2/h11-12,20-21,23,25-28,33H,5-10,13-19,22,24H2,1-4H3,(H,45,51)(H2,42,43,44,46);3-6,8,13H,7H2,1-2H3. The predicted molar refractivity (Wildman–Crippen MR) is 276 cm³/mol. The molecular formula is C51H69ClFN9O5S2. The Hall–Kier alpha value is -4.55. The van der Waals surface area contributed by atoms with Crippen LogP contribution in [-0.2, 0) is 20.9 Å². The number of amides is 2. The van der Waals surface area contributed by atoms with E-state index in [0.29, 0.717) is 47.3 Å². The molecule has 8 rings (SSSR count). The van der Waals surface area contributed by atoms with Gasteiger partial charge in [-0.3, -0.25) is 9.59 Å². The van der Waals surface area contributed by atoms with Gasteiger partial charge in [-0.15, -0.1) is 11.3 Å². The Balaban J connectivity index is 0.000000397. The summed E-state index contributed by atoms with van der Waals surface area (Å²) in [6, 6.07) is 13.0. The van der Waals surface area contributed by atoms with Gasteiger partial charge in [0, 0.05) is 50.6 Å². The molecule has 14 nitrogen and oxygen atoms in total. The van der Waals surface area contributed by atoms with Crippen LogP contribution >= 0.6 is 34.7 Å². The quantitative estimate of drug-likeness (QED) is 0.0659. The Kier molecular flexibility index (Phi) is 18.2. The zero-order chi connectivity index (χ0) is 49.1. The molecule has 2 aliphatic carbocycles. The number of likely N-dealkylation sites (tertiary alicyclic amines) is 2. The number of aryl methyl sites for hydroxylation is 1. The Morgan fingerprint density at radius 3 is 2.38 bits per heavy atom. The van der Waals surface area contributed by atoms with Crippen molar-refractivity contribution in [3.05, 3.63) is 70.5 Å². The lowest BCUT2D eigenvalue weighted by molar-refractivity contribution is -0.140. The van der Waals surface area contributed by atoms with Crippen LogP contribution in [0.15, 0.2) is 54.2 Å². The molecule has 18 heteroatoms. The second kappa shape index (κ2) is 24.0. The molecule has 4 heterocycles. The maximum atomic E-state index is 14.7. The number of nitrogens with one attached hydrogen (secondary N) is 4. The van der Waals surface area contributed by atoms with E-state index >= 15 is 0 Å². The molecule has 0 spiro atoms. The SMILES string of the molecule is CNCc1ccc(-c2scnc2C)cc1.CNc1nc(Nc2ccc(OC3CCN(CC4CCC(CSC(C)(C)C(NC(=O)C5(F)CC5)C(=O)N5CCCC5C=O)CC4)CC3)cc2OC)ncc1Cl. The molecule has 4 fully saturated rings. The molecule has 2 aromatic heterocycles. The van der Waals surface area contributed by atoms with Crippen LogP contribution in [0.2, 0.25) is 5.02 Å². The molecule has 4 N–H and O–H groups in total. The number of ether oxygens (including phenoxy) is 2. The Morgan fingerprint density at radius 1 is 1.01 bits per heavy atom. The van der Waals surface area contributed by atoms with Crippen molar-refractivity contribution in [1.29, 1.82) is 0 Å². The Morgan fingerprint density at radius 2 is 1.74 bits per heavy atom. The van der Waals surface area contributed by atoms with Crippen LogP contribution in [0.1, 0.15) is 89.3 Å². The lowest BCUT2D eigenvalue weighted by atomic mass is 9.82. The van der Waals surface area contributed by atoms with Gasteiger partial charge in [0.15, 0.2) is 5.67 Å². The van der Waals surface area contributed by atoms with Crippen molar-refractivity contribution in [2.75, 3.05) is 63.8 Å². The van der Waals surface area contributed by atoms with E-state index in [9.17, 15) is 18.8 Å². The highest BCUT2D eigenvalue weighted by Crippen LogP contribution is 2.42. The lowest BCUT2D eigenvalue weighted by Gasteiger charge is -2.39. The van der Waals surface area contributed by atoms with E-state index in [0.717, 1.165) is 100 Å². The number of methoxy groups -OCH3 is 1. The van der Waals surface area contributed by atoms with Crippen LogP contribution in [-0.4, -0.2) is 125 Å². The van der Waals surface area contributed by atoms with Gasteiger partial charge in [0.05, 0.1) is 41.1 Å². The summed E-state index contributed by atoms with van der Waals surface area (Å²) < 4.78 is 26.1. The van der Waals surface area contributed by atoms with E-state index in [-0.39, 0.29) is 24.9 Å². The average Bonchev–Trinajstić information content (AvgIpc) is 3.69. The van der Waals surface area contributed by atoms with Crippen molar-refractivity contribution in [3.63, 3.8) is 0 Å². The molecule has 374 valence electrons. The fraction of sp³-hybridized carbons (Fsp3) is 0.569. The summed E-state index contributed by atoms with van der Waals surface area (Å²) in [6.45, 7) is 10.5. The minimum Gasteiger partial charge on any atom is -0.494 e. The number of aldehydes is 1. The van der Waals surface area contributed by atoms with E-state index < -0.39 is 28.4 Å². The first-order valence-corrected chi connectivity index (χ1v) is 26.5. The molecule has 0 radical (unpaired) electrons. The third-order valence-electron chi connectivity index (χ3n) is 13.8. The van der Waals surface area contributed by atoms with E-state index in [1.165, 1.54) is 16.0 Å². The molecule has 0 bridgehead atoms. The molecule has 4 aliphatic rings. The smallest absolute Gasteiger partial charge is 0.258 e. The number of nitrogens with zero attached hydrogens (tertiary/aromatic N) is 5. The maximum absolute atomic E-state index is 14.7. The average molecular weight is 1010 g/mol. The summed E-state index contributed by atoms with van der Waals surface area (Å²) in [6.07, 6.45) is 10.7. The number of anilines is 3. The second-order valence-electron chi connectivity index (χ2n) is 19.3. The van der Waals surface area contributed by atoms with E-state index in [1.807, 2.05) is 51.5 Å². The molecule has 69 heavy (non-hydrogen) atoms. The highest BCUT2D eigenvalue weighted by Gasteiger charge is 2.53. The van der Waals surface area contributed by atoms with Crippen molar-refractivity contribution < 1.29 is 28.2 Å². The fourth-order valence-electron chi connectivity index (χ4n) is 9.40. The number of benzene rings is 2. The molecule has 4 aromatic rings. The molecular weight excluding hydrogens is 937 g/mol. The number of alkyl halides is 1. The maximum Gasteiger partial charge on any atom is 0.258 e. The van der Waals surface area contributed by atoms with Gasteiger partial charge in [-0.1, -0.05) is 35.9 Å². The monoisotopic (exact) mass is 1010 g/mol. The summed E-state index contributed by atoms with van der Waals surface area (Å²) in [5, 5.41) is 12.5. The van der Waals surface area contributed by atoms with Gasteiger partial charge in [0.1, 0.15) is 40.8 Å². The molecule has 2 amide bonds. The number of rotatable bonds is 19. The first-order valence-electron chi connectivity index (χ1n) is 24.3. The number of carbonyl (C=O) groups is 3. The summed E-state index contributed by atoms with van der Waals surface area (Å²) in [5.74, 6) is 3.38. The van der Waals surface area contributed by atoms with Gasteiger partial charge in [-0.25, -0.2) is 14.4 Å². The first-order chi connectivity index (χ1) is 33.2. The van der Waals surface area contributed by atoms with Crippen molar-refractivity contribution in [2.45, 2.75) is 120 Å². The van der Waals surface area contributed by atoms with Crippen LogP contribution in [0.4, 0.5) is 21.8 Å². The summed E-state index contributed by atoms with van der Waals surface area (Å²) in [5.41, 5.74) is 4.42. The number of carbonyl (C=O) groups excluding carboxylic acids is 3. The molecule has 2 saturated heterocycles. The van der Waals surface area contributed by atoms with Gasteiger partial charge >= 0.3 is 0 Å². The number of hydrogen-bond donors (Lipinski definition) is 4. The van der Waals surface area contributed by atoms with Gasteiger partial charge in [0.2, 0.25) is 11.9 Å². The second-order valence-corrected chi connectivity index (χ2v) is 22.2. The Labute approximate surface area is 420 Å². The van der Waals surface area contributed by atoms with E-state index in [1.54, 1.807) is 48.4 Å². The Bertz CT molecular complexity index is 2340. The highest BCUT2D eigenvalue weighted by molar-refractivity contribution is 8.00. The molecule has 2 aromatic carbocycles. The number of halogens is 2. The van der Waals surface area contributed by atoms with Crippen LogP contribution < -0.4 is 30.7 Å². The number of thiazole rings is 1. The van der Waals surface area contributed by atoms with Crippen LogP contribution in [0.25, 0.3) is 10.4 Å². The largest absolute Gasteiger partial charge is 0.494 e. The first kappa shape index (κ1) is 52.3. The fourth-order valence-corrected chi connectivity index (χ4v) is 11.7. The van der Waals surface area contributed by atoms with Crippen LogP contribution in [0, 0.1) is 18.8 Å². The summed E-state index contributed by atoms with van der Waals surface area (Å²) >= 11 is 9.50. The number of hydrogen-bond acceptors (Lipinski definition) is 14. The zero-order valence-electron chi connectivity index (χ0n) is 40.8. The van der Waals surface area contributed by atoms with Gasteiger partial charge in [-0.05, 0) is 133 Å². The van der Waals surface area contributed by atoms with Crippen molar-refractivity contribution in [1.82, 2.24) is 35.4 Å². The minimum absolute atomic E-state index is 0.133. The van der Waals surface area contributed by atoms with Crippen molar-refractivity contribution >= 4 is 70.3 Å². The molecule has 2 saturated carbocycles. The summed E-state index contributed by atoms with van der Waals surface area (Å²) in [4.78, 5) is 56.6. The van der Waals surface area contributed by atoms with Gasteiger partial charge in [0.25, 0.3) is 5.91 Å². The van der Waals surface area contributed by atoms with Gasteiger partial charge < -0.3 is 45.3 Å². The molecule has 2 aliphatic heterocycles. The normalized spacial score (nSPS) is 20.8. The van der Waals surface area contributed by atoms with Crippen LogP contribution in [0.3, 0.4) is 0 Å². The van der Waals surface area contributed by atoms with Crippen LogP contribution in [0.5, 0.6) is 11.5 Å². The number of aromatic nitrogens is 3. The number of piperidine rings is 1. The van der Waals surface area contributed by atoms with Gasteiger partial charge in [-0.2, -0.15) is 16.7 Å². The topological polar surface area (TPSA) is 163 Å². The molecule has 2 unspecified atom stereocenters. The predicted octanol–water partition coefficient (Wildman–Crippen LogP) is 9.10. The third kappa shape index (κ3) is 13.9. The third-order valence-corrected chi connectivity index (χ3v) is 16.7. The zero-order valence-corrected chi connectivity index (χ0v) is 43.2. The van der Waals surface area contributed by atoms with Crippen molar-refractivity contribution in [3.8, 4) is 21.9 Å². The molecule has 2 atom stereocenters. The minimum atomic E-state index is -1.87. The van der Waals surface area contributed by atoms with Crippen molar-refractivity contribution in [2.24, 2.45) is 11.8 Å². The summed E-state index contributed by atoms with van der Waals surface area (Å²) in [7, 11) is 5.33. The van der Waals surface area contributed by atoms with E-state index in [2.05, 4.69) is 65.4 Å².